The van der Waals surface area contributed by atoms with E-state index in [1.54, 1.807) is 18.3 Å². The van der Waals surface area contributed by atoms with Gasteiger partial charge in [-0.15, -0.1) is 0 Å². The number of fused-ring (bicyclic) bond motifs is 1. The second-order valence-electron chi connectivity index (χ2n) is 8.16. The lowest BCUT2D eigenvalue weighted by Crippen LogP contribution is -2.34. The Morgan fingerprint density at radius 3 is 2.41 bits per heavy atom. The summed E-state index contributed by atoms with van der Waals surface area (Å²) in [5.74, 6) is 0.669. The topological polar surface area (TPSA) is 50.3 Å². The Kier molecular flexibility index (Phi) is 5.34. The summed E-state index contributed by atoms with van der Waals surface area (Å²) in [5.41, 5.74) is 3.88. The standard InChI is InChI=1S/C24H28N2O2S/c1-4-19-6-8-20(9-7-19)29(27,28)23-16-25-22-10-5-18(3)15-21(22)24(23)26-13-11-17(2)12-14-26/h5-10,15-17H,4,11-14H2,1-3H3. The molecular formula is C24H28N2O2S. The van der Waals surface area contributed by atoms with Gasteiger partial charge in [-0.25, -0.2) is 8.42 Å². The Labute approximate surface area is 173 Å². The van der Waals surface area contributed by atoms with Gasteiger partial charge in [-0.3, -0.25) is 4.98 Å². The van der Waals surface area contributed by atoms with Gasteiger partial charge < -0.3 is 4.90 Å². The minimum atomic E-state index is -3.67. The number of sulfone groups is 1. The molecule has 1 aliphatic rings. The van der Waals surface area contributed by atoms with Crippen LogP contribution in [0, 0.1) is 12.8 Å². The van der Waals surface area contributed by atoms with Crippen LogP contribution in [0.3, 0.4) is 0 Å². The van der Waals surface area contributed by atoms with E-state index < -0.39 is 9.84 Å². The Hall–Kier alpha value is -2.40. The molecular weight excluding hydrogens is 380 g/mol. The molecule has 1 fully saturated rings. The maximum atomic E-state index is 13.6. The van der Waals surface area contributed by atoms with Gasteiger partial charge in [0.05, 0.1) is 16.1 Å². The molecule has 4 rings (SSSR count). The number of pyridine rings is 1. The highest BCUT2D eigenvalue weighted by Crippen LogP contribution is 2.38. The second kappa shape index (κ2) is 7.79. The zero-order chi connectivity index (χ0) is 20.6. The summed E-state index contributed by atoms with van der Waals surface area (Å²) in [6, 6.07) is 13.3. The van der Waals surface area contributed by atoms with Crippen LogP contribution in [0.1, 0.15) is 37.8 Å². The van der Waals surface area contributed by atoms with Crippen LogP contribution in [0.2, 0.25) is 0 Å². The number of hydrogen-bond acceptors (Lipinski definition) is 4. The molecule has 0 aliphatic carbocycles. The Bertz CT molecular complexity index is 1130. The minimum Gasteiger partial charge on any atom is -0.370 e. The molecule has 0 N–H and O–H groups in total. The average molecular weight is 409 g/mol. The van der Waals surface area contributed by atoms with Crippen molar-refractivity contribution in [3.05, 3.63) is 59.8 Å². The van der Waals surface area contributed by atoms with E-state index in [1.807, 2.05) is 31.2 Å². The summed E-state index contributed by atoms with van der Waals surface area (Å²) < 4.78 is 27.2. The second-order valence-corrected chi connectivity index (χ2v) is 10.1. The van der Waals surface area contributed by atoms with Gasteiger partial charge in [-0.1, -0.05) is 37.6 Å². The van der Waals surface area contributed by atoms with E-state index in [4.69, 9.17) is 0 Å². The minimum absolute atomic E-state index is 0.314. The molecule has 5 heteroatoms. The maximum Gasteiger partial charge on any atom is 0.210 e. The predicted molar refractivity (Wildman–Crippen MR) is 118 cm³/mol. The molecule has 4 nitrogen and oxygen atoms in total. The van der Waals surface area contributed by atoms with Crippen molar-refractivity contribution in [2.45, 2.75) is 49.8 Å². The molecule has 29 heavy (non-hydrogen) atoms. The molecule has 0 unspecified atom stereocenters. The maximum absolute atomic E-state index is 13.6. The molecule has 0 bridgehead atoms. The van der Waals surface area contributed by atoms with Crippen molar-refractivity contribution in [2.24, 2.45) is 5.92 Å². The van der Waals surface area contributed by atoms with Crippen LogP contribution >= 0.6 is 0 Å². The fourth-order valence-corrected chi connectivity index (χ4v) is 5.49. The summed E-state index contributed by atoms with van der Waals surface area (Å²) in [7, 11) is -3.67. The normalized spacial score (nSPS) is 15.8. The SMILES string of the molecule is CCc1ccc(S(=O)(=O)c2cnc3ccc(C)cc3c2N2CCC(C)CC2)cc1. The van der Waals surface area contributed by atoms with Crippen molar-refractivity contribution in [3.8, 4) is 0 Å². The van der Waals surface area contributed by atoms with Crippen LogP contribution in [-0.2, 0) is 16.3 Å². The highest BCUT2D eigenvalue weighted by atomic mass is 32.2. The first-order valence-corrected chi connectivity index (χ1v) is 11.9. The van der Waals surface area contributed by atoms with Gasteiger partial charge in [-0.2, -0.15) is 0 Å². The lowest BCUT2D eigenvalue weighted by molar-refractivity contribution is 0.437. The third kappa shape index (κ3) is 3.76. The molecule has 1 aromatic heterocycles. The van der Waals surface area contributed by atoms with Gasteiger partial charge in [0.15, 0.2) is 0 Å². The molecule has 0 atom stereocenters. The lowest BCUT2D eigenvalue weighted by Gasteiger charge is -2.34. The number of aryl methyl sites for hydroxylation is 2. The summed E-state index contributed by atoms with van der Waals surface area (Å²) in [6.45, 7) is 8.09. The number of nitrogens with zero attached hydrogens (tertiary/aromatic N) is 2. The number of benzene rings is 2. The summed E-state index contributed by atoms with van der Waals surface area (Å²) >= 11 is 0. The molecule has 0 radical (unpaired) electrons. The van der Waals surface area contributed by atoms with E-state index in [2.05, 4.69) is 29.8 Å². The van der Waals surface area contributed by atoms with Crippen molar-refractivity contribution in [1.82, 2.24) is 4.98 Å². The molecule has 152 valence electrons. The molecule has 2 aromatic carbocycles. The molecule has 1 aliphatic heterocycles. The van der Waals surface area contributed by atoms with Crippen LogP contribution in [0.15, 0.2) is 58.5 Å². The van der Waals surface area contributed by atoms with E-state index in [0.717, 1.165) is 60.1 Å². The number of anilines is 1. The van der Waals surface area contributed by atoms with Gasteiger partial charge in [0, 0.05) is 24.7 Å². The highest BCUT2D eigenvalue weighted by molar-refractivity contribution is 7.91. The quantitative estimate of drug-likeness (QED) is 0.597. The van der Waals surface area contributed by atoms with Gasteiger partial charge >= 0.3 is 0 Å². The largest absolute Gasteiger partial charge is 0.370 e. The number of hydrogen-bond donors (Lipinski definition) is 0. The zero-order valence-electron chi connectivity index (χ0n) is 17.4. The fourth-order valence-electron chi connectivity index (χ4n) is 4.06. The summed E-state index contributed by atoms with van der Waals surface area (Å²) in [5, 5.41) is 0.922. The Balaban J connectivity index is 1.92. The predicted octanol–water partition coefficient (Wildman–Crippen LogP) is 5.17. The van der Waals surface area contributed by atoms with Gasteiger partial charge in [0.25, 0.3) is 0 Å². The monoisotopic (exact) mass is 408 g/mol. The first-order valence-electron chi connectivity index (χ1n) is 10.4. The molecule has 0 saturated carbocycles. The first kappa shape index (κ1) is 19.9. The fraction of sp³-hybridized carbons (Fsp3) is 0.375. The molecule has 0 spiro atoms. The van der Waals surface area contributed by atoms with Crippen LogP contribution in [-0.4, -0.2) is 26.5 Å². The molecule has 0 amide bonds. The zero-order valence-corrected chi connectivity index (χ0v) is 18.2. The first-order chi connectivity index (χ1) is 13.9. The van der Waals surface area contributed by atoms with Crippen molar-refractivity contribution >= 4 is 26.4 Å². The third-order valence-corrected chi connectivity index (χ3v) is 7.76. The Morgan fingerprint density at radius 2 is 1.76 bits per heavy atom. The van der Waals surface area contributed by atoms with Crippen molar-refractivity contribution in [2.75, 3.05) is 18.0 Å². The van der Waals surface area contributed by atoms with Crippen LogP contribution in [0.4, 0.5) is 5.69 Å². The van der Waals surface area contributed by atoms with Crippen LogP contribution in [0.25, 0.3) is 10.9 Å². The van der Waals surface area contributed by atoms with Gasteiger partial charge in [0.2, 0.25) is 9.84 Å². The van der Waals surface area contributed by atoms with E-state index in [-0.39, 0.29) is 0 Å². The third-order valence-electron chi connectivity index (χ3n) is 5.99. The van der Waals surface area contributed by atoms with Crippen molar-refractivity contribution in [1.29, 1.82) is 0 Å². The lowest BCUT2D eigenvalue weighted by atomic mass is 9.98. The van der Waals surface area contributed by atoms with Crippen LogP contribution < -0.4 is 4.90 Å². The average Bonchev–Trinajstić information content (AvgIpc) is 2.73. The van der Waals surface area contributed by atoms with Crippen molar-refractivity contribution in [3.63, 3.8) is 0 Å². The van der Waals surface area contributed by atoms with Crippen molar-refractivity contribution < 1.29 is 8.42 Å². The van der Waals surface area contributed by atoms with E-state index in [9.17, 15) is 8.42 Å². The molecule has 2 heterocycles. The summed E-state index contributed by atoms with van der Waals surface area (Å²) in [6.07, 6.45) is 4.57. The highest BCUT2D eigenvalue weighted by Gasteiger charge is 2.28. The van der Waals surface area contributed by atoms with Gasteiger partial charge in [0.1, 0.15) is 4.90 Å². The van der Waals surface area contributed by atoms with E-state index >= 15 is 0 Å². The molecule has 3 aromatic rings. The van der Waals surface area contributed by atoms with E-state index in [0.29, 0.717) is 15.7 Å². The Morgan fingerprint density at radius 1 is 1.07 bits per heavy atom. The number of aromatic nitrogens is 1. The van der Waals surface area contributed by atoms with E-state index in [1.165, 1.54) is 0 Å². The van der Waals surface area contributed by atoms with Gasteiger partial charge in [-0.05, 0) is 61.9 Å². The molecule has 1 saturated heterocycles. The smallest absolute Gasteiger partial charge is 0.210 e. The summed E-state index contributed by atoms with van der Waals surface area (Å²) in [4.78, 5) is 7.40. The number of piperidine rings is 1. The number of rotatable bonds is 4. The van der Waals surface area contributed by atoms with Crippen LogP contribution in [0.5, 0.6) is 0 Å².